The zero-order chi connectivity index (χ0) is 9.68. The summed E-state index contributed by atoms with van der Waals surface area (Å²) in [4.78, 5) is 2.54. The predicted octanol–water partition coefficient (Wildman–Crippen LogP) is 2.29. The minimum atomic E-state index is 0.545. The first-order valence-electron chi connectivity index (χ1n) is 5.59. The van der Waals surface area contributed by atoms with Gasteiger partial charge in [-0.1, -0.05) is 19.8 Å². The molecule has 0 saturated carbocycles. The second-order valence-electron chi connectivity index (χ2n) is 4.25. The third-order valence-corrected chi connectivity index (χ3v) is 2.62. The molecule has 1 fully saturated rings. The molecule has 0 N–H and O–H groups in total. The molecule has 0 aromatic carbocycles. The van der Waals surface area contributed by atoms with E-state index in [2.05, 4.69) is 25.7 Å². The zero-order valence-electron chi connectivity index (χ0n) is 9.25. The number of nitrogens with zero attached hydrogens (tertiary/aromatic N) is 1. The van der Waals surface area contributed by atoms with E-state index in [-0.39, 0.29) is 0 Å². The molecule has 0 radical (unpaired) electrons. The first-order valence-corrected chi connectivity index (χ1v) is 5.59. The van der Waals surface area contributed by atoms with Crippen molar-refractivity contribution in [2.75, 3.05) is 19.7 Å². The number of hydrogen-bond acceptors (Lipinski definition) is 2. The fourth-order valence-corrected chi connectivity index (χ4v) is 1.56. The Morgan fingerprint density at radius 1 is 1.38 bits per heavy atom. The summed E-state index contributed by atoms with van der Waals surface area (Å²) in [6.45, 7) is 10.2. The van der Waals surface area contributed by atoms with E-state index in [1.54, 1.807) is 0 Å². The van der Waals surface area contributed by atoms with Crippen molar-refractivity contribution in [1.29, 1.82) is 0 Å². The lowest BCUT2D eigenvalue weighted by atomic mass is 10.2. The molecule has 1 saturated heterocycles. The van der Waals surface area contributed by atoms with Gasteiger partial charge in [-0.15, -0.1) is 0 Å². The summed E-state index contributed by atoms with van der Waals surface area (Å²) < 4.78 is 5.25. The number of hydrogen-bond donors (Lipinski definition) is 0. The van der Waals surface area contributed by atoms with Gasteiger partial charge in [0.05, 0.1) is 12.7 Å². The Kier molecular flexibility index (Phi) is 4.74. The van der Waals surface area contributed by atoms with E-state index in [0.717, 1.165) is 13.2 Å². The maximum absolute atomic E-state index is 5.25. The fraction of sp³-hybridized carbons (Fsp3) is 1.00. The van der Waals surface area contributed by atoms with Crippen LogP contribution in [0.3, 0.4) is 0 Å². The second kappa shape index (κ2) is 5.61. The van der Waals surface area contributed by atoms with Gasteiger partial charge in [-0.25, -0.2) is 0 Å². The number of ether oxygens (including phenoxy) is 1. The summed E-state index contributed by atoms with van der Waals surface area (Å²) in [5, 5.41) is 0. The van der Waals surface area contributed by atoms with Crippen molar-refractivity contribution in [3.05, 3.63) is 0 Å². The predicted molar refractivity (Wildman–Crippen MR) is 56.0 cm³/mol. The fourth-order valence-electron chi connectivity index (χ4n) is 1.56. The van der Waals surface area contributed by atoms with Gasteiger partial charge in [-0.2, -0.15) is 0 Å². The van der Waals surface area contributed by atoms with E-state index in [4.69, 9.17) is 4.74 Å². The maximum Gasteiger partial charge on any atom is 0.0936 e. The van der Waals surface area contributed by atoms with Crippen LogP contribution in [0.25, 0.3) is 0 Å². The van der Waals surface area contributed by atoms with Crippen molar-refractivity contribution in [2.45, 2.75) is 52.2 Å². The van der Waals surface area contributed by atoms with Gasteiger partial charge in [0, 0.05) is 12.6 Å². The molecule has 0 amide bonds. The first kappa shape index (κ1) is 11.0. The Morgan fingerprint density at radius 3 is 2.54 bits per heavy atom. The Labute approximate surface area is 82.3 Å². The molecular formula is C11H23NO. The summed E-state index contributed by atoms with van der Waals surface area (Å²) >= 11 is 0. The van der Waals surface area contributed by atoms with Crippen LogP contribution in [0, 0.1) is 0 Å². The van der Waals surface area contributed by atoms with Gasteiger partial charge in [0.15, 0.2) is 0 Å². The lowest BCUT2D eigenvalue weighted by molar-refractivity contribution is 0.196. The highest BCUT2D eigenvalue weighted by molar-refractivity contribution is 4.76. The standard InChI is InChI=1S/C11H23NO/c1-4-5-6-7-12(10(2)3)8-11-9-13-11/h10-11H,4-9H2,1-3H3. The number of epoxide rings is 1. The number of rotatable bonds is 7. The molecule has 2 heteroatoms. The highest BCUT2D eigenvalue weighted by Crippen LogP contribution is 2.13. The van der Waals surface area contributed by atoms with E-state index in [1.807, 2.05) is 0 Å². The third-order valence-electron chi connectivity index (χ3n) is 2.62. The third kappa shape index (κ3) is 4.63. The molecule has 0 bridgehead atoms. The van der Waals surface area contributed by atoms with Gasteiger partial charge in [-0.05, 0) is 26.8 Å². The van der Waals surface area contributed by atoms with Gasteiger partial charge in [0.2, 0.25) is 0 Å². The molecule has 1 aliphatic heterocycles. The van der Waals surface area contributed by atoms with Crippen molar-refractivity contribution >= 4 is 0 Å². The van der Waals surface area contributed by atoms with Crippen LogP contribution in [-0.2, 0) is 4.74 Å². The average Bonchev–Trinajstić information content (AvgIpc) is 2.86. The van der Waals surface area contributed by atoms with Crippen LogP contribution in [0.2, 0.25) is 0 Å². The van der Waals surface area contributed by atoms with Crippen LogP contribution < -0.4 is 0 Å². The molecule has 0 spiro atoms. The molecule has 78 valence electrons. The molecule has 2 nitrogen and oxygen atoms in total. The quantitative estimate of drug-likeness (QED) is 0.447. The smallest absolute Gasteiger partial charge is 0.0936 e. The molecule has 1 unspecified atom stereocenters. The molecule has 0 aromatic rings. The normalized spacial score (nSPS) is 21.5. The SMILES string of the molecule is CCCCCN(CC1CO1)C(C)C. The van der Waals surface area contributed by atoms with Crippen LogP contribution in [0.15, 0.2) is 0 Å². The highest BCUT2D eigenvalue weighted by atomic mass is 16.6. The Morgan fingerprint density at radius 2 is 2.08 bits per heavy atom. The van der Waals surface area contributed by atoms with Crippen LogP contribution in [0.1, 0.15) is 40.0 Å². The van der Waals surface area contributed by atoms with Crippen molar-refractivity contribution < 1.29 is 4.74 Å². The molecule has 1 heterocycles. The molecule has 0 aliphatic carbocycles. The van der Waals surface area contributed by atoms with Gasteiger partial charge in [0.25, 0.3) is 0 Å². The lowest BCUT2D eigenvalue weighted by Crippen LogP contribution is -2.35. The molecule has 1 atom stereocenters. The molecule has 0 aromatic heterocycles. The van der Waals surface area contributed by atoms with Crippen LogP contribution in [0.5, 0.6) is 0 Å². The Balaban J connectivity index is 2.12. The number of unbranched alkanes of at least 4 members (excludes halogenated alkanes) is 2. The highest BCUT2D eigenvalue weighted by Gasteiger charge is 2.26. The monoisotopic (exact) mass is 185 g/mol. The van der Waals surface area contributed by atoms with Gasteiger partial charge >= 0.3 is 0 Å². The lowest BCUT2D eigenvalue weighted by Gasteiger charge is -2.25. The molecule has 13 heavy (non-hydrogen) atoms. The first-order chi connectivity index (χ1) is 6.24. The maximum atomic E-state index is 5.25. The van der Waals surface area contributed by atoms with Gasteiger partial charge < -0.3 is 4.74 Å². The summed E-state index contributed by atoms with van der Waals surface area (Å²) in [5.41, 5.74) is 0. The van der Waals surface area contributed by atoms with Crippen LogP contribution >= 0.6 is 0 Å². The van der Waals surface area contributed by atoms with Crippen LogP contribution in [-0.4, -0.2) is 36.7 Å². The Bertz CT molecular complexity index is 132. The van der Waals surface area contributed by atoms with Crippen LogP contribution in [0.4, 0.5) is 0 Å². The van der Waals surface area contributed by atoms with Crippen molar-refractivity contribution in [2.24, 2.45) is 0 Å². The van der Waals surface area contributed by atoms with Gasteiger partial charge in [-0.3, -0.25) is 4.90 Å². The largest absolute Gasteiger partial charge is 0.372 e. The average molecular weight is 185 g/mol. The Hall–Kier alpha value is -0.0800. The second-order valence-corrected chi connectivity index (χ2v) is 4.25. The van der Waals surface area contributed by atoms with E-state index in [9.17, 15) is 0 Å². The van der Waals surface area contributed by atoms with E-state index < -0.39 is 0 Å². The summed E-state index contributed by atoms with van der Waals surface area (Å²) in [6, 6.07) is 0.668. The molecule has 1 aliphatic rings. The van der Waals surface area contributed by atoms with E-state index in [0.29, 0.717) is 12.1 Å². The topological polar surface area (TPSA) is 15.8 Å². The van der Waals surface area contributed by atoms with Gasteiger partial charge in [0.1, 0.15) is 0 Å². The summed E-state index contributed by atoms with van der Waals surface area (Å²) in [7, 11) is 0. The van der Waals surface area contributed by atoms with Crippen molar-refractivity contribution in [1.82, 2.24) is 4.90 Å². The van der Waals surface area contributed by atoms with E-state index >= 15 is 0 Å². The zero-order valence-corrected chi connectivity index (χ0v) is 9.25. The minimum absolute atomic E-state index is 0.545. The molecule has 1 rings (SSSR count). The van der Waals surface area contributed by atoms with Crippen molar-refractivity contribution in [3.63, 3.8) is 0 Å². The molecular weight excluding hydrogens is 162 g/mol. The summed E-state index contributed by atoms with van der Waals surface area (Å²) in [6.07, 6.45) is 4.55. The van der Waals surface area contributed by atoms with Crippen molar-refractivity contribution in [3.8, 4) is 0 Å². The minimum Gasteiger partial charge on any atom is -0.372 e. The summed E-state index contributed by atoms with van der Waals surface area (Å²) in [5.74, 6) is 0. The van der Waals surface area contributed by atoms with E-state index in [1.165, 1.54) is 25.8 Å².